The van der Waals surface area contributed by atoms with Crippen LogP contribution < -0.4 is 11.1 Å². The van der Waals surface area contributed by atoms with Gasteiger partial charge in [0.1, 0.15) is 5.76 Å². The van der Waals surface area contributed by atoms with Crippen LogP contribution in [0.2, 0.25) is 0 Å². The van der Waals surface area contributed by atoms with E-state index in [-0.39, 0.29) is 24.4 Å². The molecule has 1 atom stereocenters. The van der Waals surface area contributed by atoms with Crippen molar-refractivity contribution in [3.8, 4) is 0 Å². The van der Waals surface area contributed by atoms with E-state index in [1.54, 1.807) is 6.26 Å². The van der Waals surface area contributed by atoms with Crippen molar-refractivity contribution in [1.82, 2.24) is 15.1 Å². The van der Waals surface area contributed by atoms with Gasteiger partial charge in [-0.1, -0.05) is 24.3 Å². The number of benzene rings is 1. The van der Waals surface area contributed by atoms with Crippen LogP contribution in [0.1, 0.15) is 35.8 Å². The van der Waals surface area contributed by atoms with Crippen LogP contribution in [0.3, 0.4) is 0 Å². The van der Waals surface area contributed by atoms with Crippen molar-refractivity contribution in [1.29, 1.82) is 0 Å². The van der Waals surface area contributed by atoms with Crippen molar-refractivity contribution in [2.24, 2.45) is 11.7 Å². The normalized spacial score (nSPS) is 18.3. The Balaban J connectivity index is 1.38. The molecule has 1 aromatic carbocycles. The first-order chi connectivity index (χ1) is 15.0. The molecule has 4 rings (SSSR count). The summed E-state index contributed by atoms with van der Waals surface area (Å²) < 4.78 is 5.65. The Morgan fingerprint density at radius 3 is 2.48 bits per heavy atom. The van der Waals surface area contributed by atoms with Crippen LogP contribution in [0, 0.1) is 5.92 Å². The highest BCUT2D eigenvalue weighted by atomic mass is 16.3. The first-order valence-electron chi connectivity index (χ1n) is 10.7. The van der Waals surface area contributed by atoms with Gasteiger partial charge in [-0.15, -0.1) is 0 Å². The van der Waals surface area contributed by atoms with E-state index in [4.69, 9.17) is 10.2 Å². The molecule has 0 spiro atoms. The van der Waals surface area contributed by atoms with Crippen molar-refractivity contribution >= 4 is 17.7 Å². The molecule has 164 valence electrons. The number of nitrogens with two attached hydrogens (primary N) is 1. The second kappa shape index (κ2) is 9.34. The maximum atomic E-state index is 12.6. The molecule has 2 aliphatic rings. The minimum atomic E-state index is -0.633. The number of hydrogen-bond acceptors (Lipinski definition) is 5. The Morgan fingerprint density at radius 2 is 1.81 bits per heavy atom. The fourth-order valence-corrected chi connectivity index (χ4v) is 4.45. The number of piperidine rings is 1. The van der Waals surface area contributed by atoms with Gasteiger partial charge in [0.25, 0.3) is 0 Å². The van der Waals surface area contributed by atoms with E-state index in [1.165, 1.54) is 16.0 Å². The van der Waals surface area contributed by atoms with Gasteiger partial charge in [-0.3, -0.25) is 19.3 Å². The SMILES string of the molecule is NC(=O)C1CCN(C(=O)C(=O)NC[C@@H](c2ccco2)N2CCc3ccccc3C2)CC1. The predicted octanol–water partition coefficient (Wildman–Crippen LogP) is 1.22. The number of primary amides is 1. The summed E-state index contributed by atoms with van der Waals surface area (Å²) in [6.45, 7) is 2.60. The Kier molecular flexibility index (Phi) is 6.36. The molecule has 0 aliphatic carbocycles. The fourth-order valence-electron chi connectivity index (χ4n) is 4.45. The molecule has 1 saturated heterocycles. The van der Waals surface area contributed by atoms with Crippen LogP contribution in [-0.4, -0.2) is 53.7 Å². The van der Waals surface area contributed by atoms with Gasteiger partial charge >= 0.3 is 11.8 Å². The number of nitrogens with one attached hydrogen (secondary N) is 1. The quantitative estimate of drug-likeness (QED) is 0.702. The number of nitrogens with zero attached hydrogens (tertiary/aromatic N) is 2. The van der Waals surface area contributed by atoms with Crippen molar-refractivity contribution in [3.63, 3.8) is 0 Å². The van der Waals surface area contributed by atoms with E-state index in [2.05, 4.69) is 28.4 Å². The number of likely N-dealkylation sites (tertiary alicyclic amines) is 1. The van der Waals surface area contributed by atoms with Gasteiger partial charge < -0.3 is 20.4 Å². The van der Waals surface area contributed by atoms with Crippen LogP contribution in [0.5, 0.6) is 0 Å². The maximum Gasteiger partial charge on any atom is 0.311 e. The van der Waals surface area contributed by atoms with Gasteiger partial charge in [0, 0.05) is 38.6 Å². The summed E-state index contributed by atoms with van der Waals surface area (Å²) in [5.74, 6) is -1.01. The topological polar surface area (TPSA) is 109 Å². The van der Waals surface area contributed by atoms with E-state index in [9.17, 15) is 14.4 Å². The third-order valence-corrected chi connectivity index (χ3v) is 6.31. The van der Waals surface area contributed by atoms with Crippen molar-refractivity contribution < 1.29 is 18.8 Å². The van der Waals surface area contributed by atoms with Crippen molar-refractivity contribution in [2.45, 2.75) is 31.8 Å². The average molecular weight is 425 g/mol. The largest absolute Gasteiger partial charge is 0.468 e. The summed E-state index contributed by atoms with van der Waals surface area (Å²) in [5.41, 5.74) is 7.95. The van der Waals surface area contributed by atoms with Crippen LogP contribution >= 0.6 is 0 Å². The Morgan fingerprint density at radius 1 is 1.06 bits per heavy atom. The molecular weight excluding hydrogens is 396 g/mol. The molecule has 2 aliphatic heterocycles. The Hall–Kier alpha value is -3.13. The number of fused-ring (bicyclic) bond motifs is 1. The van der Waals surface area contributed by atoms with Crippen LogP contribution in [0.4, 0.5) is 0 Å². The minimum Gasteiger partial charge on any atom is -0.468 e. The van der Waals surface area contributed by atoms with E-state index in [1.807, 2.05) is 18.2 Å². The molecule has 8 heteroatoms. The first-order valence-corrected chi connectivity index (χ1v) is 10.7. The summed E-state index contributed by atoms with van der Waals surface area (Å²) in [6.07, 6.45) is 3.54. The monoisotopic (exact) mass is 424 g/mol. The molecule has 0 saturated carbocycles. The van der Waals surface area contributed by atoms with Crippen LogP contribution in [0.25, 0.3) is 0 Å². The highest BCUT2D eigenvalue weighted by molar-refractivity contribution is 6.35. The van der Waals surface area contributed by atoms with Gasteiger partial charge in [0.2, 0.25) is 5.91 Å². The van der Waals surface area contributed by atoms with Gasteiger partial charge in [-0.2, -0.15) is 0 Å². The summed E-state index contributed by atoms with van der Waals surface area (Å²) in [4.78, 5) is 40.2. The van der Waals surface area contributed by atoms with E-state index in [0.29, 0.717) is 25.9 Å². The first kappa shape index (κ1) is 21.1. The molecule has 1 aromatic heterocycles. The molecule has 0 radical (unpaired) electrons. The zero-order valence-electron chi connectivity index (χ0n) is 17.5. The van der Waals surface area contributed by atoms with Crippen molar-refractivity contribution in [2.75, 3.05) is 26.2 Å². The number of hydrogen-bond donors (Lipinski definition) is 2. The van der Waals surface area contributed by atoms with Gasteiger partial charge in [-0.25, -0.2) is 0 Å². The molecule has 31 heavy (non-hydrogen) atoms. The fraction of sp³-hybridized carbons (Fsp3) is 0.435. The van der Waals surface area contributed by atoms with Crippen molar-refractivity contribution in [3.05, 3.63) is 59.5 Å². The highest BCUT2D eigenvalue weighted by Gasteiger charge is 2.31. The number of carbonyl (C=O) groups excluding carboxylic acids is 3. The lowest BCUT2D eigenvalue weighted by Crippen LogP contribution is -2.49. The van der Waals surface area contributed by atoms with Crippen LogP contribution in [0.15, 0.2) is 47.1 Å². The smallest absolute Gasteiger partial charge is 0.311 e. The zero-order chi connectivity index (χ0) is 21.8. The second-order valence-corrected chi connectivity index (χ2v) is 8.20. The lowest BCUT2D eigenvalue weighted by atomic mass is 9.96. The zero-order valence-corrected chi connectivity index (χ0v) is 17.5. The molecule has 0 bridgehead atoms. The Bertz CT molecular complexity index is 935. The maximum absolute atomic E-state index is 12.6. The molecule has 8 nitrogen and oxygen atoms in total. The summed E-state index contributed by atoms with van der Waals surface area (Å²) in [6, 6.07) is 11.9. The lowest BCUT2D eigenvalue weighted by Gasteiger charge is -2.35. The number of rotatable bonds is 5. The van der Waals surface area contributed by atoms with E-state index >= 15 is 0 Å². The molecule has 3 heterocycles. The molecule has 3 N–H and O–H groups in total. The second-order valence-electron chi connectivity index (χ2n) is 8.20. The number of furan rings is 1. The molecule has 2 aromatic rings. The molecule has 0 unspecified atom stereocenters. The average Bonchev–Trinajstić information content (AvgIpc) is 3.33. The summed E-state index contributed by atoms with van der Waals surface area (Å²) in [5, 5.41) is 2.80. The van der Waals surface area contributed by atoms with Gasteiger partial charge in [0.15, 0.2) is 0 Å². The van der Waals surface area contributed by atoms with Crippen LogP contribution in [-0.2, 0) is 27.3 Å². The lowest BCUT2D eigenvalue weighted by molar-refractivity contribution is -0.147. The molecule has 1 fully saturated rings. The highest BCUT2D eigenvalue weighted by Crippen LogP contribution is 2.28. The standard InChI is InChI=1S/C23H28N4O4/c24-21(28)17-8-10-26(11-9-17)23(30)22(29)25-14-19(20-6-3-13-31-20)27-12-7-16-4-1-2-5-18(16)15-27/h1-6,13,17,19H,7-12,14-15H2,(H2,24,28)(H,25,29)/t19-/m0/s1. The summed E-state index contributed by atoms with van der Waals surface area (Å²) >= 11 is 0. The molecular formula is C23H28N4O4. The Labute approximate surface area is 181 Å². The number of amides is 3. The summed E-state index contributed by atoms with van der Waals surface area (Å²) in [7, 11) is 0. The van der Waals surface area contributed by atoms with E-state index in [0.717, 1.165) is 25.3 Å². The minimum absolute atomic E-state index is 0.166. The predicted molar refractivity (Wildman–Crippen MR) is 114 cm³/mol. The third-order valence-electron chi connectivity index (χ3n) is 6.31. The van der Waals surface area contributed by atoms with E-state index < -0.39 is 11.8 Å². The molecule has 3 amide bonds. The number of carbonyl (C=O) groups is 3. The van der Waals surface area contributed by atoms with Gasteiger partial charge in [-0.05, 0) is 42.5 Å². The third kappa shape index (κ3) is 4.80. The van der Waals surface area contributed by atoms with Gasteiger partial charge in [0.05, 0.1) is 12.3 Å².